The molecule has 1 saturated carbocycles. The molecule has 38 heavy (non-hydrogen) atoms. The summed E-state index contributed by atoms with van der Waals surface area (Å²) in [5, 5.41) is 21.9. The number of morpholine rings is 1. The molecule has 2 aliphatic rings. The van der Waals surface area contributed by atoms with Crippen LogP contribution in [-0.4, -0.2) is 85.5 Å². The van der Waals surface area contributed by atoms with Crippen molar-refractivity contribution >= 4 is 17.8 Å². The summed E-state index contributed by atoms with van der Waals surface area (Å²) >= 11 is 0. The van der Waals surface area contributed by atoms with E-state index < -0.39 is 24.3 Å². The third kappa shape index (κ3) is 10.9. The lowest BCUT2D eigenvalue weighted by atomic mass is 10.2. The van der Waals surface area contributed by atoms with Crippen LogP contribution in [-0.2, 0) is 27.9 Å². The fraction of sp³-hybridized carbons (Fsp3) is 0.571. The largest absolute Gasteiger partial charge is 0.490 e. The van der Waals surface area contributed by atoms with E-state index >= 15 is 0 Å². The van der Waals surface area contributed by atoms with Gasteiger partial charge in [-0.3, -0.25) is 9.58 Å². The Morgan fingerprint density at radius 1 is 1.13 bits per heavy atom. The van der Waals surface area contributed by atoms with Crippen LogP contribution in [0.15, 0.2) is 24.7 Å². The lowest BCUT2D eigenvalue weighted by Gasteiger charge is -2.34. The molecule has 2 aromatic rings. The number of carbonyl (C=O) groups is 2. The van der Waals surface area contributed by atoms with Crippen molar-refractivity contribution in [2.75, 3.05) is 31.6 Å². The highest BCUT2D eigenvalue weighted by molar-refractivity contribution is 5.73. The van der Waals surface area contributed by atoms with Gasteiger partial charge in [0.05, 0.1) is 25.5 Å². The zero-order valence-electron chi connectivity index (χ0n) is 20.0. The van der Waals surface area contributed by atoms with Gasteiger partial charge in [-0.05, 0) is 24.8 Å². The van der Waals surface area contributed by atoms with E-state index in [0.717, 1.165) is 43.8 Å². The third-order valence-electron chi connectivity index (χ3n) is 5.11. The topological polar surface area (TPSA) is 143 Å². The van der Waals surface area contributed by atoms with Crippen molar-refractivity contribution in [3.8, 4) is 0 Å². The molecular weight excluding hydrogens is 530 g/mol. The number of carboxylic acid groups (broad SMARTS) is 2. The number of aliphatic carboxylic acids is 2. The predicted molar refractivity (Wildman–Crippen MR) is 118 cm³/mol. The molecule has 1 aliphatic heterocycles. The van der Waals surface area contributed by atoms with Crippen molar-refractivity contribution in [3.05, 3.63) is 36.0 Å². The molecule has 1 atom stereocenters. The molecule has 0 aromatic carbocycles. The molecule has 2 aromatic heterocycles. The number of rotatable bonds is 6. The number of halogens is 6. The molecule has 0 amide bonds. The SMILES string of the molecule is Cn1cc(CN2CCOCC2c2nccc(NCC3CC3)n2)cn1.O=C(O)C(F)(F)F.O=C(O)C(F)(F)F. The summed E-state index contributed by atoms with van der Waals surface area (Å²) in [5.41, 5.74) is 1.20. The van der Waals surface area contributed by atoms with Crippen LogP contribution >= 0.6 is 0 Å². The van der Waals surface area contributed by atoms with Crippen LogP contribution in [0.25, 0.3) is 0 Å². The van der Waals surface area contributed by atoms with E-state index in [0.29, 0.717) is 6.61 Å². The maximum atomic E-state index is 10.6. The maximum absolute atomic E-state index is 10.6. The predicted octanol–water partition coefficient (Wildman–Crippen LogP) is 2.87. The fourth-order valence-electron chi connectivity index (χ4n) is 3.06. The second-order valence-corrected chi connectivity index (χ2v) is 8.31. The smallest absolute Gasteiger partial charge is 0.475 e. The molecule has 0 spiro atoms. The van der Waals surface area contributed by atoms with Gasteiger partial charge in [0, 0.05) is 44.6 Å². The van der Waals surface area contributed by atoms with E-state index in [1.807, 2.05) is 30.2 Å². The normalized spacial score (nSPS) is 17.9. The Bertz CT molecular complexity index is 1040. The molecule has 0 radical (unpaired) electrons. The highest BCUT2D eigenvalue weighted by Gasteiger charge is 2.39. The van der Waals surface area contributed by atoms with Gasteiger partial charge in [0.2, 0.25) is 0 Å². The standard InChI is InChI=1S/C17H24N6O.2C2HF3O2/c1-22-10-14(9-20-22)11-23-6-7-24-12-15(23)17-18-5-4-16(21-17)19-8-13-2-3-13;2*3-2(4,5)1(6)7/h4-5,9-10,13,15H,2-3,6-8,11-12H2,1H3,(H,18,19,21);2*(H,6,7). The number of nitrogens with one attached hydrogen (secondary N) is 1. The Balaban J connectivity index is 0.000000301. The molecule has 2 fully saturated rings. The van der Waals surface area contributed by atoms with Crippen LogP contribution in [0.4, 0.5) is 32.2 Å². The monoisotopic (exact) mass is 556 g/mol. The van der Waals surface area contributed by atoms with Gasteiger partial charge < -0.3 is 20.3 Å². The van der Waals surface area contributed by atoms with E-state index in [2.05, 4.69) is 26.5 Å². The van der Waals surface area contributed by atoms with E-state index in [1.54, 1.807) is 0 Å². The molecule has 1 unspecified atom stereocenters. The Hall–Kier alpha value is -3.47. The molecule has 212 valence electrons. The minimum Gasteiger partial charge on any atom is -0.475 e. The number of nitrogens with zero attached hydrogens (tertiary/aromatic N) is 5. The van der Waals surface area contributed by atoms with Gasteiger partial charge >= 0.3 is 24.3 Å². The zero-order chi connectivity index (χ0) is 28.5. The number of alkyl halides is 6. The van der Waals surface area contributed by atoms with Crippen LogP contribution in [0.5, 0.6) is 0 Å². The van der Waals surface area contributed by atoms with E-state index in [4.69, 9.17) is 29.5 Å². The van der Waals surface area contributed by atoms with Gasteiger partial charge in [-0.1, -0.05) is 0 Å². The first-order valence-corrected chi connectivity index (χ1v) is 11.1. The molecule has 3 N–H and O–H groups in total. The molecular formula is C21H26F6N6O5. The van der Waals surface area contributed by atoms with E-state index in [1.165, 1.54) is 18.4 Å². The molecule has 11 nitrogen and oxygen atoms in total. The number of aromatic nitrogens is 4. The minimum absolute atomic E-state index is 0.0848. The van der Waals surface area contributed by atoms with E-state index in [9.17, 15) is 26.3 Å². The van der Waals surface area contributed by atoms with Crippen LogP contribution in [0, 0.1) is 5.92 Å². The maximum Gasteiger partial charge on any atom is 0.490 e. The van der Waals surface area contributed by atoms with Gasteiger partial charge in [-0.15, -0.1) is 0 Å². The Labute approximate surface area is 212 Å². The lowest BCUT2D eigenvalue weighted by molar-refractivity contribution is -0.193. The van der Waals surface area contributed by atoms with Crippen molar-refractivity contribution < 1.29 is 50.9 Å². The Morgan fingerprint density at radius 2 is 1.74 bits per heavy atom. The Kier molecular flexibility index (Phi) is 10.8. The average Bonchev–Trinajstić information content (AvgIpc) is 3.58. The number of aryl methyl sites for hydroxylation is 1. The summed E-state index contributed by atoms with van der Waals surface area (Å²) in [5.74, 6) is -2.94. The van der Waals surface area contributed by atoms with Gasteiger partial charge in [0.15, 0.2) is 0 Å². The highest BCUT2D eigenvalue weighted by Crippen LogP contribution is 2.29. The summed E-state index contributed by atoms with van der Waals surface area (Å²) in [6, 6.07) is 2.03. The van der Waals surface area contributed by atoms with Crippen molar-refractivity contribution in [1.29, 1.82) is 0 Å². The van der Waals surface area contributed by atoms with E-state index in [-0.39, 0.29) is 6.04 Å². The summed E-state index contributed by atoms with van der Waals surface area (Å²) in [6.07, 6.45) is -1.68. The molecule has 1 aliphatic carbocycles. The number of anilines is 1. The highest BCUT2D eigenvalue weighted by atomic mass is 19.4. The molecule has 4 rings (SSSR count). The van der Waals surface area contributed by atoms with Crippen molar-refractivity contribution in [2.45, 2.75) is 37.8 Å². The first-order valence-electron chi connectivity index (χ1n) is 11.1. The first-order chi connectivity index (χ1) is 17.7. The number of hydrogen-bond acceptors (Lipinski definition) is 8. The average molecular weight is 556 g/mol. The summed E-state index contributed by atoms with van der Waals surface area (Å²) in [6.45, 7) is 4.10. The number of hydrogen-bond donors (Lipinski definition) is 3. The number of ether oxygens (including phenoxy) is 1. The fourth-order valence-corrected chi connectivity index (χ4v) is 3.06. The summed E-state index contributed by atoms with van der Waals surface area (Å²) in [4.78, 5) is 29.4. The van der Waals surface area contributed by atoms with Crippen LogP contribution in [0.2, 0.25) is 0 Å². The van der Waals surface area contributed by atoms with Crippen molar-refractivity contribution in [1.82, 2.24) is 24.6 Å². The summed E-state index contributed by atoms with van der Waals surface area (Å²) < 4.78 is 71.0. The van der Waals surface area contributed by atoms with Crippen LogP contribution in [0.1, 0.15) is 30.3 Å². The van der Waals surface area contributed by atoms with Crippen molar-refractivity contribution in [3.63, 3.8) is 0 Å². The van der Waals surface area contributed by atoms with Gasteiger partial charge in [0.25, 0.3) is 0 Å². The molecule has 1 saturated heterocycles. The zero-order valence-corrected chi connectivity index (χ0v) is 20.0. The summed E-state index contributed by atoms with van der Waals surface area (Å²) in [7, 11) is 1.94. The second kappa shape index (κ2) is 13.4. The first kappa shape index (κ1) is 30.8. The quantitative estimate of drug-likeness (QED) is 0.455. The third-order valence-corrected chi connectivity index (χ3v) is 5.11. The molecule has 0 bridgehead atoms. The van der Waals surface area contributed by atoms with Gasteiger partial charge in [0.1, 0.15) is 11.6 Å². The Morgan fingerprint density at radius 3 is 2.24 bits per heavy atom. The number of carboxylic acids is 2. The van der Waals surface area contributed by atoms with Crippen molar-refractivity contribution in [2.24, 2.45) is 13.0 Å². The van der Waals surface area contributed by atoms with Gasteiger partial charge in [-0.25, -0.2) is 19.6 Å². The van der Waals surface area contributed by atoms with Crippen LogP contribution < -0.4 is 5.32 Å². The van der Waals surface area contributed by atoms with Gasteiger partial charge in [-0.2, -0.15) is 31.4 Å². The van der Waals surface area contributed by atoms with Crippen LogP contribution in [0.3, 0.4) is 0 Å². The molecule has 3 heterocycles. The second-order valence-electron chi connectivity index (χ2n) is 8.31. The minimum atomic E-state index is -5.08. The molecule has 17 heteroatoms. The lowest BCUT2D eigenvalue weighted by Crippen LogP contribution is -2.39.